The average molecular weight is 621 g/mol. The summed E-state index contributed by atoms with van der Waals surface area (Å²) in [5.41, 5.74) is 4.68. The summed E-state index contributed by atoms with van der Waals surface area (Å²) in [5.74, 6) is 1.18. The predicted molar refractivity (Wildman–Crippen MR) is 201 cm³/mol. The van der Waals surface area contributed by atoms with E-state index in [-0.39, 0.29) is 0 Å². The van der Waals surface area contributed by atoms with Crippen molar-refractivity contribution in [3.63, 3.8) is 0 Å². The molecule has 4 rings (SSSR count). The van der Waals surface area contributed by atoms with Crippen molar-refractivity contribution in [3.8, 4) is 22.6 Å². The fraction of sp³-hybridized carbons (Fsp3) is 0.500. The number of phenols is 1. The lowest BCUT2D eigenvalue weighted by Crippen LogP contribution is -2.00. The minimum Gasteiger partial charge on any atom is -0.507 e. The van der Waals surface area contributed by atoms with Gasteiger partial charge in [-0.2, -0.15) is 0 Å². The summed E-state index contributed by atoms with van der Waals surface area (Å²) in [6.07, 6.45) is 25.6. The zero-order valence-corrected chi connectivity index (χ0v) is 29.1. The molecule has 2 nitrogen and oxygen atoms in total. The maximum atomic E-state index is 11.4. The topological polar surface area (TPSA) is 29.5 Å². The number of benzene rings is 4. The molecule has 0 heterocycles. The maximum absolute atomic E-state index is 11.4. The smallest absolute Gasteiger partial charge is 0.127 e. The molecule has 0 aliphatic carbocycles. The molecular weight excluding hydrogens is 560 g/mol. The van der Waals surface area contributed by atoms with Crippen LogP contribution in [-0.2, 0) is 12.8 Å². The van der Waals surface area contributed by atoms with E-state index in [2.05, 4.69) is 75.0 Å². The molecular formula is C44H60O2. The summed E-state index contributed by atoms with van der Waals surface area (Å²) in [5, 5.41) is 16.1. The summed E-state index contributed by atoms with van der Waals surface area (Å²) in [7, 11) is 0. The van der Waals surface area contributed by atoms with Gasteiger partial charge in [0.25, 0.3) is 0 Å². The first-order valence-corrected chi connectivity index (χ1v) is 18.7. The van der Waals surface area contributed by atoms with E-state index < -0.39 is 0 Å². The van der Waals surface area contributed by atoms with Gasteiger partial charge in [0.05, 0.1) is 6.61 Å². The molecule has 0 bridgehead atoms. The number of hydrogen-bond donors (Lipinski definition) is 1. The van der Waals surface area contributed by atoms with E-state index in [1.54, 1.807) is 0 Å². The molecule has 0 amide bonds. The molecule has 0 unspecified atom stereocenters. The molecule has 1 N–H and O–H groups in total. The first-order chi connectivity index (χ1) is 22.7. The van der Waals surface area contributed by atoms with Crippen molar-refractivity contribution in [2.75, 3.05) is 6.61 Å². The van der Waals surface area contributed by atoms with Gasteiger partial charge in [0.15, 0.2) is 0 Å². The van der Waals surface area contributed by atoms with Crippen LogP contribution in [0, 0.1) is 0 Å². The van der Waals surface area contributed by atoms with E-state index in [0.717, 1.165) is 59.8 Å². The number of aryl methyl sites for hydroxylation is 2. The Kier molecular flexibility index (Phi) is 15.5. The number of phenolic OH excluding ortho intramolecular Hbond substituents is 1. The quantitative estimate of drug-likeness (QED) is 0.0660. The van der Waals surface area contributed by atoms with Crippen LogP contribution in [0.25, 0.3) is 32.7 Å². The van der Waals surface area contributed by atoms with Gasteiger partial charge in [0.2, 0.25) is 0 Å². The summed E-state index contributed by atoms with van der Waals surface area (Å²) in [6.45, 7) is 9.07. The first kappa shape index (κ1) is 35.6. The van der Waals surface area contributed by atoms with Gasteiger partial charge in [0.1, 0.15) is 11.5 Å². The van der Waals surface area contributed by atoms with Crippen LogP contribution in [-0.4, -0.2) is 11.7 Å². The lowest BCUT2D eigenvalue weighted by molar-refractivity contribution is 0.306. The molecule has 46 heavy (non-hydrogen) atoms. The van der Waals surface area contributed by atoms with Gasteiger partial charge in [-0.25, -0.2) is 0 Å². The monoisotopic (exact) mass is 620 g/mol. The second kappa shape index (κ2) is 20.1. The molecule has 0 spiro atoms. The highest BCUT2D eigenvalue weighted by Crippen LogP contribution is 2.45. The van der Waals surface area contributed by atoms with Crippen LogP contribution in [0.2, 0.25) is 0 Å². The number of ether oxygens (including phenoxy) is 1. The fourth-order valence-electron chi connectivity index (χ4n) is 6.82. The average Bonchev–Trinajstić information content (AvgIpc) is 3.07. The van der Waals surface area contributed by atoms with E-state index in [1.807, 2.05) is 12.1 Å². The summed E-state index contributed by atoms with van der Waals surface area (Å²) in [4.78, 5) is 0. The third-order valence-electron chi connectivity index (χ3n) is 9.56. The number of allylic oxidation sites excluding steroid dienone is 1. The van der Waals surface area contributed by atoms with Crippen molar-refractivity contribution < 1.29 is 9.84 Å². The molecule has 0 saturated heterocycles. The minimum absolute atomic E-state index is 0.314. The van der Waals surface area contributed by atoms with Crippen LogP contribution in [0.15, 0.2) is 73.3 Å². The third kappa shape index (κ3) is 10.6. The van der Waals surface area contributed by atoms with E-state index in [4.69, 9.17) is 4.74 Å². The highest BCUT2D eigenvalue weighted by Gasteiger charge is 2.19. The second-order valence-corrected chi connectivity index (χ2v) is 13.4. The largest absolute Gasteiger partial charge is 0.507 e. The second-order valence-electron chi connectivity index (χ2n) is 13.4. The lowest BCUT2D eigenvalue weighted by Gasteiger charge is -2.18. The van der Waals surface area contributed by atoms with Crippen LogP contribution in [0.3, 0.4) is 0 Å². The van der Waals surface area contributed by atoms with Crippen molar-refractivity contribution in [2.24, 2.45) is 0 Å². The van der Waals surface area contributed by atoms with Crippen molar-refractivity contribution in [1.29, 1.82) is 0 Å². The Balaban J connectivity index is 1.61. The van der Waals surface area contributed by atoms with Crippen molar-refractivity contribution >= 4 is 21.5 Å². The summed E-state index contributed by atoms with van der Waals surface area (Å²) < 4.78 is 6.54. The van der Waals surface area contributed by atoms with Gasteiger partial charge < -0.3 is 9.84 Å². The summed E-state index contributed by atoms with van der Waals surface area (Å²) >= 11 is 0. The van der Waals surface area contributed by atoms with Gasteiger partial charge in [0, 0.05) is 11.1 Å². The molecule has 0 aliphatic rings. The Bertz CT molecular complexity index is 1480. The number of unbranched alkanes of at least 4 members (excludes halogenated alkanes) is 14. The molecule has 0 radical (unpaired) electrons. The third-order valence-corrected chi connectivity index (χ3v) is 9.56. The van der Waals surface area contributed by atoms with Crippen molar-refractivity contribution in [2.45, 2.75) is 136 Å². The number of aromatic hydroxyl groups is 1. The standard InChI is InChI=1S/C44H60O2/c1-4-7-10-13-16-19-22-35-24-28-39-37(33-35)26-30-41(45)43(39)44-40-29-25-36(23-20-17-14-11-8-5-2)34-38(40)27-31-42(44)46-32-21-18-15-12-9-6-3/h6,24-31,33-34,45H,3-5,7-23,32H2,1-2H3. The fourth-order valence-corrected chi connectivity index (χ4v) is 6.82. The van der Waals surface area contributed by atoms with Gasteiger partial charge in [-0.05, 0) is 89.8 Å². The summed E-state index contributed by atoms with van der Waals surface area (Å²) in [6, 6.07) is 22.0. The van der Waals surface area contributed by atoms with E-state index in [1.165, 1.54) is 112 Å². The number of fused-ring (bicyclic) bond motifs is 2. The molecule has 4 aromatic carbocycles. The van der Waals surface area contributed by atoms with E-state index in [9.17, 15) is 5.11 Å². The van der Waals surface area contributed by atoms with Crippen LogP contribution in [0.4, 0.5) is 0 Å². The van der Waals surface area contributed by atoms with Crippen LogP contribution in [0.5, 0.6) is 11.5 Å². The Morgan fingerprint density at radius 3 is 1.70 bits per heavy atom. The van der Waals surface area contributed by atoms with Gasteiger partial charge in [-0.15, -0.1) is 6.58 Å². The molecule has 0 atom stereocenters. The van der Waals surface area contributed by atoms with Crippen molar-refractivity contribution in [3.05, 3.63) is 84.4 Å². The van der Waals surface area contributed by atoms with Gasteiger partial charge in [-0.1, -0.05) is 146 Å². The van der Waals surface area contributed by atoms with E-state index in [0.29, 0.717) is 12.4 Å². The predicted octanol–water partition coefficient (Wildman–Crippen LogP) is 13.7. The normalized spacial score (nSPS) is 11.4. The van der Waals surface area contributed by atoms with E-state index >= 15 is 0 Å². The van der Waals surface area contributed by atoms with Crippen LogP contribution >= 0.6 is 0 Å². The zero-order chi connectivity index (χ0) is 32.4. The van der Waals surface area contributed by atoms with Gasteiger partial charge in [-0.3, -0.25) is 0 Å². The number of hydrogen-bond acceptors (Lipinski definition) is 2. The van der Waals surface area contributed by atoms with Gasteiger partial charge >= 0.3 is 0 Å². The highest BCUT2D eigenvalue weighted by molar-refractivity contribution is 6.09. The molecule has 4 aromatic rings. The highest BCUT2D eigenvalue weighted by atomic mass is 16.5. The Labute approximate surface area is 280 Å². The zero-order valence-electron chi connectivity index (χ0n) is 29.1. The molecule has 2 heteroatoms. The minimum atomic E-state index is 0.314. The number of rotatable bonds is 23. The van der Waals surface area contributed by atoms with Crippen LogP contribution in [0.1, 0.15) is 134 Å². The Hall–Kier alpha value is -3.26. The lowest BCUT2D eigenvalue weighted by atomic mass is 9.90. The Morgan fingerprint density at radius 1 is 0.565 bits per heavy atom. The molecule has 248 valence electrons. The SMILES string of the molecule is C=CCCCCCCOc1ccc2cc(CCCCCCCC)ccc2c1-c1c(O)ccc2cc(CCCCCCCC)ccc12. The van der Waals surface area contributed by atoms with Crippen LogP contribution < -0.4 is 4.74 Å². The molecule has 0 fully saturated rings. The Morgan fingerprint density at radius 2 is 1.09 bits per heavy atom. The maximum Gasteiger partial charge on any atom is 0.127 e. The molecule has 0 saturated carbocycles. The molecule has 0 aromatic heterocycles. The first-order valence-electron chi connectivity index (χ1n) is 18.7. The van der Waals surface area contributed by atoms with Crippen molar-refractivity contribution in [1.82, 2.24) is 0 Å². The molecule has 0 aliphatic heterocycles.